The largest absolute Gasteiger partial charge is 0.493 e. The van der Waals surface area contributed by atoms with Crippen molar-refractivity contribution in [2.45, 2.75) is 45.7 Å². The number of carbonyl (C=O) groups excluding carboxylic acids is 2. The van der Waals surface area contributed by atoms with E-state index in [1.807, 2.05) is 29.2 Å². The molecule has 0 fully saturated rings. The number of hydrogen-bond acceptors (Lipinski definition) is 8. The van der Waals surface area contributed by atoms with E-state index >= 15 is 0 Å². The Hall–Kier alpha value is -3.30. The minimum absolute atomic E-state index is 0.0170. The highest BCUT2D eigenvalue weighted by Crippen LogP contribution is 2.33. The van der Waals surface area contributed by atoms with Gasteiger partial charge in [-0.25, -0.2) is 4.79 Å². The van der Waals surface area contributed by atoms with Crippen molar-refractivity contribution in [3.63, 3.8) is 0 Å². The Balaban J connectivity index is 1.40. The fourth-order valence-electron chi connectivity index (χ4n) is 5.21. The minimum atomic E-state index is -0.371. The Bertz CT molecular complexity index is 1310. The predicted octanol–water partition coefficient (Wildman–Crippen LogP) is 4.70. The molecule has 39 heavy (non-hydrogen) atoms. The van der Waals surface area contributed by atoms with Crippen molar-refractivity contribution in [2.24, 2.45) is 0 Å². The summed E-state index contributed by atoms with van der Waals surface area (Å²) in [7, 11) is 5.35. The lowest BCUT2D eigenvalue weighted by molar-refractivity contribution is -0.145. The van der Waals surface area contributed by atoms with Gasteiger partial charge in [-0.1, -0.05) is 6.92 Å². The predicted molar refractivity (Wildman–Crippen MR) is 153 cm³/mol. The molecule has 3 aromatic rings. The third-order valence-electron chi connectivity index (χ3n) is 7.25. The molecule has 0 saturated carbocycles. The van der Waals surface area contributed by atoms with E-state index in [0.29, 0.717) is 36.8 Å². The number of thiophene rings is 1. The maximum absolute atomic E-state index is 13.4. The van der Waals surface area contributed by atoms with Crippen LogP contribution < -0.4 is 14.2 Å². The van der Waals surface area contributed by atoms with Gasteiger partial charge in [-0.05, 0) is 91.0 Å². The standard InChI is InChI=1S/C30H38N2O6S/c1-6-28(32-13-11-20-14-25(35-4)26(36-5)15-22(20)16-29(32)33)31(3)12-10-21-19-39-27-17-23(8-9-24(21)27)38-18-30(34)37-7-2/h8-9,14-15,17,19,28H,6-7,10-13,16,18H2,1-5H3. The van der Waals surface area contributed by atoms with Crippen molar-refractivity contribution < 1.29 is 28.5 Å². The number of amides is 1. The van der Waals surface area contributed by atoms with Crippen LogP contribution in [0.1, 0.15) is 37.0 Å². The zero-order valence-electron chi connectivity index (χ0n) is 23.5. The number of benzene rings is 2. The molecule has 0 bridgehead atoms. The number of fused-ring (bicyclic) bond motifs is 2. The lowest BCUT2D eigenvalue weighted by Gasteiger charge is -2.37. The smallest absolute Gasteiger partial charge is 0.344 e. The van der Waals surface area contributed by atoms with Crippen molar-refractivity contribution in [2.75, 3.05) is 47.6 Å². The molecule has 0 radical (unpaired) electrons. The number of ether oxygens (including phenoxy) is 4. The lowest BCUT2D eigenvalue weighted by Crippen LogP contribution is -2.50. The highest BCUT2D eigenvalue weighted by Gasteiger charge is 2.29. The van der Waals surface area contributed by atoms with Gasteiger partial charge < -0.3 is 23.8 Å². The van der Waals surface area contributed by atoms with Gasteiger partial charge in [0.1, 0.15) is 5.75 Å². The zero-order chi connectivity index (χ0) is 27.9. The van der Waals surface area contributed by atoms with Crippen LogP contribution in [0.2, 0.25) is 0 Å². The maximum Gasteiger partial charge on any atom is 0.344 e. The highest BCUT2D eigenvalue weighted by atomic mass is 32.1. The topological polar surface area (TPSA) is 77.5 Å². The Morgan fingerprint density at radius 2 is 1.85 bits per heavy atom. The van der Waals surface area contributed by atoms with Crippen LogP contribution in [0.4, 0.5) is 0 Å². The van der Waals surface area contributed by atoms with Gasteiger partial charge in [0.05, 0.1) is 33.4 Å². The van der Waals surface area contributed by atoms with Gasteiger partial charge >= 0.3 is 5.97 Å². The molecular weight excluding hydrogens is 516 g/mol. The second-order valence-electron chi connectivity index (χ2n) is 9.62. The molecule has 0 aliphatic carbocycles. The molecule has 210 valence electrons. The fourth-order valence-corrected chi connectivity index (χ4v) is 6.24. The van der Waals surface area contributed by atoms with Crippen molar-refractivity contribution in [1.82, 2.24) is 9.80 Å². The number of nitrogens with zero attached hydrogens (tertiary/aromatic N) is 2. The van der Waals surface area contributed by atoms with Gasteiger partial charge in [-0.3, -0.25) is 9.69 Å². The molecule has 1 unspecified atom stereocenters. The molecule has 9 heteroatoms. The summed E-state index contributed by atoms with van der Waals surface area (Å²) in [5, 5.41) is 3.37. The first-order valence-electron chi connectivity index (χ1n) is 13.4. The third-order valence-corrected chi connectivity index (χ3v) is 8.24. The van der Waals surface area contributed by atoms with Crippen molar-refractivity contribution in [3.8, 4) is 17.2 Å². The molecule has 4 rings (SSSR count). The molecule has 1 aliphatic rings. The first-order chi connectivity index (χ1) is 18.9. The molecule has 1 amide bonds. The summed E-state index contributed by atoms with van der Waals surface area (Å²) in [6.45, 7) is 5.65. The Kier molecular flexibility index (Phi) is 9.69. The summed E-state index contributed by atoms with van der Waals surface area (Å²) in [6, 6.07) is 9.86. The Morgan fingerprint density at radius 1 is 1.10 bits per heavy atom. The van der Waals surface area contributed by atoms with E-state index in [-0.39, 0.29) is 24.6 Å². The van der Waals surface area contributed by atoms with E-state index < -0.39 is 0 Å². The number of hydrogen-bond donors (Lipinski definition) is 0. The van der Waals surface area contributed by atoms with Crippen LogP contribution in [-0.2, 0) is 33.6 Å². The summed E-state index contributed by atoms with van der Waals surface area (Å²) in [6.07, 6.45) is 2.86. The molecule has 2 aromatic carbocycles. The first-order valence-corrected chi connectivity index (χ1v) is 14.3. The first kappa shape index (κ1) is 28.7. The molecule has 1 aromatic heterocycles. The van der Waals surface area contributed by atoms with E-state index in [9.17, 15) is 9.59 Å². The summed E-state index contributed by atoms with van der Waals surface area (Å²) < 4.78 is 22.6. The van der Waals surface area contributed by atoms with Crippen LogP contribution >= 0.6 is 11.3 Å². The summed E-state index contributed by atoms with van der Waals surface area (Å²) in [5.74, 6) is 1.77. The van der Waals surface area contributed by atoms with E-state index in [0.717, 1.165) is 41.6 Å². The van der Waals surface area contributed by atoms with Crippen LogP contribution in [0.25, 0.3) is 10.1 Å². The van der Waals surface area contributed by atoms with E-state index in [1.165, 1.54) is 10.9 Å². The van der Waals surface area contributed by atoms with Gasteiger partial charge in [0, 0.05) is 17.8 Å². The van der Waals surface area contributed by atoms with E-state index in [2.05, 4.69) is 30.3 Å². The van der Waals surface area contributed by atoms with E-state index in [4.69, 9.17) is 18.9 Å². The lowest BCUT2D eigenvalue weighted by atomic mass is 10.0. The normalized spacial score (nSPS) is 14.2. The fraction of sp³-hybridized carbons (Fsp3) is 0.467. The average Bonchev–Trinajstić information content (AvgIpc) is 3.27. The molecule has 0 spiro atoms. The quantitative estimate of drug-likeness (QED) is 0.301. The zero-order valence-corrected chi connectivity index (χ0v) is 24.3. The Morgan fingerprint density at radius 3 is 2.54 bits per heavy atom. The van der Waals surface area contributed by atoms with Crippen molar-refractivity contribution in [3.05, 3.63) is 52.4 Å². The molecular formula is C30H38N2O6S. The minimum Gasteiger partial charge on any atom is -0.493 e. The highest BCUT2D eigenvalue weighted by molar-refractivity contribution is 7.17. The number of methoxy groups -OCH3 is 2. The van der Waals surface area contributed by atoms with Crippen LogP contribution in [-0.4, -0.2) is 75.4 Å². The SMILES string of the molecule is CCOC(=O)COc1ccc2c(CCN(C)C(CC)N3CCc4cc(OC)c(OC)cc4CC3=O)csc2c1. The molecule has 2 heterocycles. The van der Waals surface area contributed by atoms with E-state index in [1.54, 1.807) is 32.5 Å². The number of rotatable bonds is 12. The second-order valence-corrected chi connectivity index (χ2v) is 10.5. The van der Waals surface area contributed by atoms with Gasteiger partial charge in [0.25, 0.3) is 0 Å². The summed E-state index contributed by atoms with van der Waals surface area (Å²) in [4.78, 5) is 29.3. The molecule has 0 saturated heterocycles. The van der Waals surface area contributed by atoms with Gasteiger partial charge in [-0.15, -0.1) is 11.3 Å². The van der Waals surface area contributed by atoms with Crippen LogP contribution in [0.5, 0.6) is 17.2 Å². The molecule has 0 N–H and O–H groups in total. The van der Waals surface area contributed by atoms with Gasteiger partial charge in [-0.2, -0.15) is 0 Å². The molecule has 1 atom stereocenters. The maximum atomic E-state index is 13.4. The van der Waals surface area contributed by atoms with Gasteiger partial charge in [0.2, 0.25) is 5.91 Å². The summed E-state index contributed by atoms with van der Waals surface area (Å²) >= 11 is 1.67. The third kappa shape index (κ3) is 6.65. The summed E-state index contributed by atoms with van der Waals surface area (Å²) in [5.41, 5.74) is 3.41. The van der Waals surface area contributed by atoms with Gasteiger partial charge in [0.15, 0.2) is 18.1 Å². The number of esters is 1. The number of carbonyl (C=O) groups is 2. The van der Waals surface area contributed by atoms with Crippen LogP contribution in [0, 0.1) is 0 Å². The molecule has 1 aliphatic heterocycles. The van der Waals surface area contributed by atoms with Crippen LogP contribution in [0.3, 0.4) is 0 Å². The second kappa shape index (κ2) is 13.2. The number of likely N-dealkylation sites (N-methyl/N-ethyl adjacent to an activating group) is 1. The Labute approximate surface area is 234 Å². The average molecular weight is 555 g/mol. The van der Waals surface area contributed by atoms with Crippen LogP contribution in [0.15, 0.2) is 35.7 Å². The van der Waals surface area contributed by atoms with Crippen molar-refractivity contribution >= 4 is 33.3 Å². The van der Waals surface area contributed by atoms with Crippen molar-refractivity contribution in [1.29, 1.82) is 0 Å². The monoisotopic (exact) mass is 554 g/mol. The molecule has 8 nitrogen and oxygen atoms in total.